The molecule has 2 aromatic heterocycles. The van der Waals surface area contributed by atoms with Gasteiger partial charge in [-0.05, 0) is 37.5 Å². The van der Waals surface area contributed by atoms with Gasteiger partial charge < -0.3 is 4.40 Å². The van der Waals surface area contributed by atoms with E-state index in [2.05, 4.69) is 4.98 Å². The van der Waals surface area contributed by atoms with Crippen LogP contribution in [0.1, 0.15) is 24.1 Å². The molecular weight excluding hydrogens is 368 g/mol. The lowest BCUT2D eigenvalue weighted by Crippen LogP contribution is -2.33. The summed E-state index contributed by atoms with van der Waals surface area (Å²) in [7, 11) is -3.88. The summed E-state index contributed by atoms with van der Waals surface area (Å²) in [5.41, 5.74) is 1.76. The third kappa shape index (κ3) is 3.19. The predicted octanol–water partition coefficient (Wildman–Crippen LogP) is 2.90. The number of nitro groups is 1. The molecule has 0 amide bonds. The molecule has 0 unspecified atom stereocenters. The molecule has 0 spiro atoms. The minimum absolute atomic E-state index is 0.0163. The summed E-state index contributed by atoms with van der Waals surface area (Å²) < 4.78 is 30.0. The zero-order valence-corrected chi connectivity index (χ0v) is 15.5. The molecule has 0 atom stereocenters. The van der Waals surface area contributed by atoms with E-state index in [1.807, 2.05) is 28.8 Å². The van der Waals surface area contributed by atoms with E-state index in [1.165, 1.54) is 16.4 Å². The van der Waals surface area contributed by atoms with Crippen molar-refractivity contribution in [3.05, 3.63) is 70.2 Å². The summed E-state index contributed by atoms with van der Waals surface area (Å²) in [6, 6.07) is 9.43. The highest BCUT2D eigenvalue weighted by atomic mass is 32.2. The Morgan fingerprint density at radius 3 is 2.78 bits per heavy atom. The molecule has 3 aromatic rings. The van der Waals surface area contributed by atoms with E-state index >= 15 is 0 Å². The van der Waals surface area contributed by atoms with Crippen LogP contribution in [0.25, 0.3) is 5.65 Å². The summed E-state index contributed by atoms with van der Waals surface area (Å²) >= 11 is 0. The molecule has 4 rings (SSSR count). The predicted molar refractivity (Wildman–Crippen MR) is 98.8 cm³/mol. The maximum absolute atomic E-state index is 13.3. The van der Waals surface area contributed by atoms with E-state index in [9.17, 15) is 18.5 Å². The minimum atomic E-state index is -3.88. The average Bonchev–Trinajstić information content (AvgIpc) is 3.39. The number of benzene rings is 1. The fourth-order valence-electron chi connectivity index (χ4n) is 3.14. The lowest BCUT2D eigenvalue weighted by molar-refractivity contribution is -0.385. The van der Waals surface area contributed by atoms with Crippen LogP contribution >= 0.6 is 0 Å². The van der Waals surface area contributed by atoms with Gasteiger partial charge >= 0.3 is 0 Å². The Kier molecular flexibility index (Phi) is 4.20. The number of pyridine rings is 1. The molecular formula is C18H18N4O4S. The number of nitro benzene ring substituents is 1. The molecule has 1 aromatic carbocycles. The topological polar surface area (TPSA) is 97.8 Å². The highest BCUT2D eigenvalue weighted by molar-refractivity contribution is 7.89. The summed E-state index contributed by atoms with van der Waals surface area (Å²) in [6.07, 6.45) is 5.07. The van der Waals surface area contributed by atoms with Crippen molar-refractivity contribution < 1.29 is 13.3 Å². The molecule has 1 aliphatic carbocycles. The SMILES string of the molecule is Cc1ccc([N+](=O)[O-])cc1S(=O)(=O)N(Cc1cnc2ccccn12)C1CC1. The van der Waals surface area contributed by atoms with Crippen LogP contribution in [0.5, 0.6) is 0 Å². The van der Waals surface area contributed by atoms with E-state index in [-0.39, 0.29) is 23.2 Å². The van der Waals surface area contributed by atoms with Crippen LogP contribution in [0, 0.1) is 17.0 Å². The van der Waals surface area contributed by atoms with Gasteiger partial charge in [0.2, 0.25) is 10.0 Å². The molecule has 0 bridgehead atoms. The van der Waals surface area contributed by atoms with Crippen LogP contribution < -0.4 is 0 Å². The molecule has 0 N–H and O–H groups in total. The van der Waals surface area contributed by atoms with Gasteiger partial charge in [-0.15, -0.1) is 0 Å². The van der Waals surface area contributed by atoms with Crippen LogP contribution in [0.3, 0.4) is 0 Å². The van der Waals surface area contributed by atoms with Crippen molar-refractivity contribution in [3.63, 3.8) is 0 Å². The normalized spacial score (nSPS) is 14.7. The molecule has 140 valence electrons. The first-order valence-corrected chi connectivity index (χ1v) is 10.00. The smallest absolute Gasteiger partial charge is 0.270 e. The summed E-state index contributed by atoms with van der Waals surface area (Å²) in [5.74, 6) is 0. The van der Waals surface area contributed by atoms with Crippen LogP contribution in [-0.4, -0.2) is 33.1 Å². The van der Waals surface area contributed by atoms with Crippen molar-refractivity contribution in [2.75, 3.05) is 0 Å². The van der Waals surface area contributed by atoms with Gasteiger partial charge in [-0.2, -0.15) is 4.31 Å². The number of non-ortho nitro benzene ring substituents is 1. The average molecular weight is 386 g/mol. The van der Waals surface area contributed by atoms with Gasteiger partial charge in [0.05, 0.1) is 28.3 Å². The molecule has 8 nitrogen and oxygen atoms in total. The number of aryl methyl sites for hydroxylation is 1. The number of hydrogen-bond donors (Lipinski definition) is 0. The molecule has 2 heterocycles. The Labute approximate surface area is 156 Å². The third-order valence-electron chi connectivity index (χ3n) is 4.73. The number of rotatable bonds is 6. The number of sulfonamides is 1. The minimum Gasteiger partial charge on any atom is -0.303 e. The molecule has 9 heteroatoms. The van der Waals surface area contributed by atoms with Crippen molar-refractivity contribution in [3.8, 4) is 0 Å². The zero-order valence-electron chi connectivity index (χ0n) is 14.6. The second-order valence-corrected chi connectivity index (χ2v) is 8.53. The second kappa shape index (κ2) is 6.43. The van der Waals surface area contributed by atoms with E-state index in [1.54, 1.807) is 13.1 Å². The highest BCUT2D eigenvalue weighted by Crippen LogP contribution is 2.35. The Morgan fingerprint density at radius 1 is 1.30 bits per heavy atom. The number of imidazole rings is 1. The van der Waals surface area contributed by atoms with E-state index in [0.29, 0.717) is 5.56 Å². The first-order chi connectivity index (χ1) is 12.9. The Hall–Kier alpha value is -2.78. The second-order valence-electron chi connectivity index (χ2n) is 6.67. The zero-order chi connectivity index (χ0) is 19.2. The van der Waals surface area contributed by atoms with Crippen LogP contribution in [-0.2, 0) is 16.6 Å². The largest absolute Gasteiger partial charge is 0.303 e. The van der Waals surface area contributed by atoms with E-state index in [0.717, 1.165) is 30.2 Å². The van der Waals surface area contributed by atoms with E-state index < -0.39 is 14.9 Å². The highest BCUT2D eigenvalue weighted by Gasteiger charge is 2.39. The fraction of sp³-hybridized carbons (Fsp3) is 0.278. The Morgan fingerprint density at radius 2 is 2.07 bits per heavy atom. The number of aromatic nitrogens is 2. The van der Waals surface area contributed by atoms with Gasteiger partial charge in [-0.3, -0.25) is 10.1 Å². The van der Waals surface area contributed by atoms with E-state index in [4.69, 9.17) is 0 Å². The Bertz CT molecular complexity index is 1140. The van der Waals surface area contributed by atoms with Gasteiger partial charge in [-0.25, -0.2) is 13.4 Å². The lowest BCUT2D eigenvalue weighted by atomic mass is 10.2. The molecule has 27 heavy (non-hydrogen) atoms. The molecule has 0 aliphatic heterocycles. The van der Waals surface area contributed by atoms with Crippen molar-refractivity contribution in [1.29, 1.82) is 0 Å². The first-order valence-electron chi connectivity index (χ1n) is 8.56. The number of hydrogen-bond acceptors (Lipinski definition) is 5. The number of fused-ring (bicyclic) bond motifs is 1. The maximum Gasteiger partial charge on any atom is 0.270 e. The fourth-order valence-corrected chi connectivity index (χ4v) is 5.04. The Balaban J connectivity index is 1.76. The summed E-state index contributed by atoms with van der Waals surface area (Å²) in [5, 5.41) is 11.1. The number of nitrogens with zero attached hydrogens (tertiary/aromatic N) is 4. The maximum atomic E-state index is 13.3. The monoisotopic (exact) mass is 386 g/mol. The molecule has 0 saturated heterocycles. The van der Waals surface area contributed by atoms with Crippen LogP contribution in [0.2, 0.25) is 0 Å². The molecule has 1 aliphatic rings. The van der Waals surface area contributed by atoms with Gasteiger partial charge in [0.1, 0.15) is 5.65 Å². The molecule has 0 radical (unpaired) electrons. The first kappa shape index (κ1) is 17.6. The van der Waals surface area contributed by atoms with Crippen LogP contribution in [0.15, 0.2) is 53.7 Å². The quantitative estimate of drug-likeness (QED) is 0.479. The van der Waals surface area contributed by atoms with Gasteiger partial charge in [0, 0.05) is 24.4 Å². The summed E-state index contributed by atoms with van der Waals surface area (Å²) in [4.78, 5) is 14.8. The third-order valence-corrected chi connectivity index (χ3v) is 6.78. The summed E-state index contributed by atoms with van der Waals surface area (Å²) in [6.45, 7) is 1.82. The van der Waals surface area contributed by atoms with Crippen molar-refractivity contribution >= 4 is 21.4 Å². The van der Waals surface area contributed by atoms with Crippen LogP contribution in [0.4, 0.5) is 5.69 Å². The van der Waals surface area contributed by atoms with Gasteiger partial charge in [-0.1, -0.05) is 12.1 Å². The lowest BCUT2D eigenvalue weighted by Gasteiger charge is -2.22. The molecule has 1 fully saturated rings. The van der Waals surface area contributed by atoms with Crippen molar-refractivity contribution in [1.82, 2.24) is 13.7 Å². The van der Waals surface area contributed by atoms with Gasteiger partial charge in [0.15, 0.2) is 0 Å². The molecule has 1 saturated carbocycles. The van der Waals surface area contributed by atoms with Crippen molar-refractivity contribution in [2.45, 2.75) is 37.2 Å². The standard InChI is InChI=1S/C18H18N4O4S/c1-13-5-6-15(22(23)24)10-17(13)27(25,26)21(14-7-8-14)12-16-11-19-18-4-2-3-9-20(16)18/h2-6,9-11,14H,7-8,12H2,1H3. The van der Waals surface area contributed by atoms with Crippen molar-refractivity contribution in [2.24, 2.45) is 0 Å². The van der Waals surface area contributed by atoms with Gasteiger partial charge in [0.25, 0.3) is 5.69 Å².